The fourth-order valence-corrected chi connectivity index (χ4v) is 2.82. The third-order valence-electron chi connectivity index (χ3n) is 3.07. The van der Waals surface area contributed by atoms with Crippen molar-refractivity contribution in [3.05, 3.63) is 47.9 Å². The summed E-state index contributed by atoms with van der Waals surface area (Å²) in [6.45, 7) is 0.700. The lowest BCUT2D eigenvalue weighted by Crippen LogP contribution is -2.21. The molecule has 0 aliphatic carbocycles. The SMILES string of the molecule is CN(C)Cc1cccc(NC(=O)Nc2csc(-c3ccncn3)n2)n1. The Labute approximate surface area is 149 Å². The third-order valence-corrected chi connectivity index (χ3v) is 3.94. The molecule has 0 atom stereocenters. The van der Waals surface area contributed by atoms with Gasteiger partial charge in [-0.15, -0.1) is 11.3 Å². The van der Waals surface area contributed by atoms with Gasteiger partial charge in [-0.05, 0) is 32.3 Å². The summed E-state index contributed by atoms with van der Waals surface area (Å²) in [6.07, 6.45) is 3.11. The van der Waals surface area contributed by atoms with Crippen LogP contribution in [0.5, 0.6) is 0 Å². The monoisotopic (exact) mass is 355 g/mol. The van der Waals surface area contributed by atoms with Crippen molar-refractivity contribution in [2.24, 2.45) is 0 Å². The highest BCUT2D eigenvalue weighted by molar-refractivity contribution is 7.13. The molecule has 0 radical (unpaired) electrons. The highest BCUT2D eigenvalue weighted by Gasteiger charge is 2.09. The zero-order valence-corrected chi connectivity index (χ0v) is 14.6. The second-order valence-corrected chi connectivity index (χ2v) is 6.32. The summed E-state index contributed by atoms with van der Waals surface area (Å²) in [4.78, 5) is 30.9. The molecule has 3 aromatic rings. The molecule has 2 amide bonds. The van der Waals surface area contributed by atoms with Crippen LogP contribution in [0.1, 0.15) is 5.69 Å². The molecule has 0 saturated heterocycles. The van der Waals surface area contributed by atoms with Gasteiger partial charge in [0, 0.05) is 18.1 Å². The van der Waals surface area contributed by atoms with Gasteiger partial charge in [-0.25, -0.2) is 24.7 Å². The van der Waals surface area contributed by atoms with Crippen LogP contribution >= 0.6 is 11.3 Å². The number of thiazole rings is 1. The first kappa shape index (κ1) is 16.9. The van der Waals surface area contributed by atoms with Gasteiger partial charge in [-0.3, -0.25) is 10.6 Å². The average Bonchev–Trinajstić information content (AvgIpc) is 3.03. The molecule has 0 bridgehead atoms. The van der Waals surface area contributed by atoms with Crippen molar-refractivity contribution in [2.75, 3.05) is 24.7 Å². The lowest BCUT2D eigenvalue weighted by Gasteiger charge is -2.10. The van der Waals surface area contributed by atoms with E-state index in [0.29, 0.717) is 28.9 Å². The third kappa shape index (κ3) is 4.78. The van der Waals surface area contributed by atoms with E-state index < -0.39 is 6.03 Å². The summed E-state index contributed by atoms with van der Waals surface area (Å²) in [5.74, 6) is 0.948. The molecule has 0 aliphatic rings. The zero-order valence-electron chi connectivity index (χ0n) is 13.8. The van der Waals surface area contributed by atoms with Gasteiger partial charge in [0.05, 0.1) is 5.69 Å². The Morgan fingerprint density at radius 1 is 1.16 bits per heavy atom. The maximum absolute atomic E-state index is 12.1. The molecule has 2 N–H and O–H groups in total. The van der Waals surface area contributed by atoms with E-state index in [0.717, 1.165) is 5.69 Å². The van der Waals surface area contributed by atoms with Gasteiger partial charge in [0.15, 0.2) is 0 Å². The minimum Gasteiger partial charge on any atom is -0.304 e. The zero-order chi connectivity index (χ0) is 17.6. The summed E-state index contributed by atoms with van der Waals surface area (Å²) in [5, 5.41) is 7.88. The van der Waals surface area contributed by atoms with Crippen LogP contribution < -0.4 is 10.6 Å². The number of urea groups is 1. The molecule has 128 valence electrons. The number of hydrogen-bond donors (Lipinski definition) is 2. The van der Waals surface area contributed by atoms with Crippen LogP contribution in [0.4, 0.5) is 16.4 Å². The molecule has 0 fully saturated rings. The van der Waals surface area contributed by atoms with Crippen LogP contribution in [0.3, 0.4) is 0 Å². The quantitative estimate of drug-likeness (QED) is 0.730. The molecule has 0 unspecified atom stereocenters. The van der Waals surface area contributed by atoms with Gasteiger partial charge in [0.2, 0.25) is 0 Å². The number of aromatic nitrogens is 4. The molecule has 3 heterocycles. The predicted molar refractivity (Wildman–Crippen MR) is 97.4 cm³/mol. The number of hydrogen-bond acceptors (Lipinski definition) is 7. The Kier molecular flexibility index (Phi) is 5.26. The van der Waals surface area contributed by atoms with Crippen molar-refractivity contribution < 1.29 is 4.79 Å². The molecule has 9 heteroatoms. The second kappa shape index (κ2) is 7.77. The van der Waals surface area contributed by atoms with Crippen molar-refractivity contribution in [3.63, 3.8) is 0 Å². The highest BCUT2D eigenvalue weighted by Crippen LogP contribution is 2.23. The number of nitrogens with one attached hydrogen (secondary N) is 2. The molecule has 3 aromatic heterocycles. The highest BCUT2D eigenvalue weighted by atomic mass is 32.1. The lowest BCUT2D eigenvalue weighted by atomic mass is 10.3. The molecule has 3 rings (SSSR count). The predicted octanol–water partition coefficient (Wildman–Crippen LogP) is 2.70. The number of nitrogens with zero attached hydrogens (tertiary/aromatic N) is 5. The van der Waals surface area contributed by atoms with E-state index in [4.69, 9.17) is 0 Å². The first-order valence-electron chi connectivity index (χ1n) is 7.51. The van der Waals surface area contributed by atoms with Crippen molar-refractivity contribution in [2.45, 2.75) is 6.54 Å². The summed E-state index contributed by atoms with van der Waals surface area (Å²) >= 11 is 1.40. The largest absolute Gasteiger partial charge is 0.326 e. The minimum atomic E-state index is -0.394. The van der Waals surface area contributed by atoms with Gasteiger partial charge < -0.3 is 4.90 Å². The Morgan fingerprint density at radius 2 is 2.00 bits per heavy atom. The number of amides is 2. The first-order valence-corrected chi connectivity index (χ1v) is 8.39. The van der Waals surface area contributed by atoms with Gasteiger partial charge in [0.25, 0.3) is 0 Å². The van der Waals surface area contributed by atoms with E-state index in [9.17, 15) is 4.79 Å². The Bertz CT molecular complexity index is 850. The fourth-order valence-electron chi connectivity index (χ4n) is 2.09. The average molecular weight is 355 g/mol. The van der Waals surface area contributed by atoms with E-state index in [1.165, 1.54) is 17.7 Å². The van der Waals surface area contributed by atoms with Crippen molar-refractivity contribution in [1.82, 2.24) is 24.8 Å². The number of carbonyl (C=O) groups excluding carboxylic acids is 1. The first-order chi connectivity index (χ1) is 12.1. The van der Waals surface area contributed by atoms with Crippen molar-refractivity contribution >= 4 is 29.0 Å². The Morgan fingerprint density at radius 3 is 2.76 bits per heavy atom. The topological polar surface area (TPSA) is 95.9 Å². The van der Waals surface area contributed by atoms with Crippen LogP contribution in [0, 0.1) is 0 Å². The Balaban J connectivity index is 1.62. The van der Waals surface area contributed by atoms with Gasteiger partial charge in [-0.2, -0.15) is 0 Å². The molecular formula is C16H17N7OS. The van der Waals surface area contributed by atoms with Crippen molar-refractivity contribution in [1.29, 1.82) is 0 Å². The smallest absolute Gasteiger partial charge is 0.304 e. The van der Waals surface area contributed by atoms with Gasteiger partial charge >= 0.3 is 6.03 Å². The number of pyridine rings is 1. The fraction of sp³-hybridized carbons (Fsp3) is 0.188. The standard InChI is InChI=1S/C16H17N7OS/c1-23(2)8-11-4-3-5-13(19-11)21-16(24)22-14-9-25-15(20-14)12-6-7-17-10-18-12/h3-7,9-10H,8H2,1-2H3,(H2,19,21,22,24). The molecule has 0 aromatic carbocycles. The van der Waals surface area contributed by atoms with E-state index in [1.807, 2.05) is 31.1 Å². The molecule has 8 nitrogen and oxygen atoms in total. The van der Waals surface area contributed by atoms with Gasteiger partial charge in [0.1, 0.15) is 28.7 Å². The maximum atomic E-state index is 12.1. The van der Waals surface area contributed by atoms with Crippen LogP contribution in [-0.2, 0) is 6.54 Å². The maximum Gasteiger partial charge on any atom is 0.326 e. The summed E-state index contributed by atoms with van der Waals surface area (Å²) in [5.41, 5.74) is 1.59. The summed E-state index contributed by atoms with van der Waals surface area (Å²) < 4.78 is 0. The number of rotatable bonds is 5. The van der Waals surface area contributed by atoms with Crippen molar-refractivity contribution in [3.8, 4) is 10.7 Å². The van der Waals surface area contributed by atoms with Crippen LogP contribution in [0.15, 0.2) is 42.2 Å². The molecule has 25 heavy (non-hydrogen) atoms. The molecular weight excluding hydrogens is 338 g/mol. The van der Waals surface area contributed by atoms with Crippen LogP contribution in [-0.4, -0.2) is 45.0 Å². The molecule has 0 saturated carbocycles. The lowest BCUT2D eigenvalue weighted by molar-refractivity contribution is 0.262. The summed E-state index contributed by atoms with van der Waals surface area (Å²) in [7, 11) is 3.93. The summed E-state index contributed by atoms with van der Waals surface area (Å²) in [6, 6.07) is 6.89. The molecule has 0 spiro atoms. The van der Waals surface area contributed by atoms with E-state index in [2.05, 4.69) is 30.6 Å². The van der Waals surface area contributed by atoms with Gasteiger partial charge in [-0.1, -0.05) is 6.07 Å². The number of anilines is 2. The normalized spacial score (nSPS) is 10.7. The van der Waals surface area contributed by atoms with E-state index in [-0.39, 0.29) is 0 Å². The van der Waals surface area contributed by atoms with E-state index in [1.54, 1.807) is 23.7 Å². The Hall–Kier alpha value is -2.91. The minimum absolute atomic E-state index is 0.394. The molecule has 0 aliphatic heterocycles. The van der Waals surface area contributed by atoms with E-state index >= 15 is 0 Å². The van der Waals surface area contributed by atoms with Crippen LogP contribution in [0.25, 0.3) is 10.7 Å². The number of carbonyl (C=O) groups is 1. The second-order valence-electron chi connectivity index (χ2n) is 5.46. The van der Waals surface area contributed by atoms with Crippen LogP contribution in [0.2, 0.25) is 0 Å².